The average molecular weight is 174 g/mol. The highest BCUT2D eigenvalue weighted by Crippen LogP contribution is 2.23. The van der Waals surface area contributed by atoms with Crippen molar-refractivity contribution < 1.29 is 9.90 Å². The number of carbonyl (C=O) groups is 1. The van der Waals surface area contributed by atoms with E-state index in [1.54, 1.807) is 5.38 Å². The summed E-state index contributed by atoms with van der Waals surface area (Å²) in [5, 5.41) is 12.1. The summed E-state index contributed by atoms with van der Waals surface area (Å²) in [6.45, 7) is 0. The fourth-order valence-electron chi connectivity index (χ4n) is 0.599. The molecule has 0 saturated heterocycles. The molecule has 0 aromatic carbocycles. The van der Waals surface area contributed by atoms with Crippen molar-refractivity contribution in [1.29, 1.82) is 0 Å². The van der Waals surface area contributed by atoms with Crippen LogP contribution in [0.1, 0.15) is 10.4 Å². The molecular weight excluding hydrogens is 168 g/mol. The van der Waals surface area contributed by atoms with Gasteiger partial charge in [0.15, 0.2) is 0 Å². The highest BCUT2D eigenvalue weighted by atomic mass is 32.2. The van der Waals surface area contributed by atoms with E-state index in [4.69, 9.17) is 5.11 Å². The lowest BCUT2D eigenvalue weighted by Gasteiger charge is -1.91. The molecule has 1 aromatic heterocycles. The molecule has 0 saturated carbocycles. The van der Waals surface area contributed by atoms with Crippen LogP contribution in [0.2, 0.25) is 0 Å². The summed E-state index contributed by atoms with van der Waals surface area (Å²) in [5.41, 5.74) is 0.414. The van der Waals surface area contributed by atoms with Gasteiger partial charge in [-0.2, -0.15) is 11.3 Å². The van der Waals surface area contributed by atoms with Crippen LogP contribution in [0.25, 0.3) is 0 Å². The quantitative estimate of drug-likeness (QED) is 0.698. The van der Waals surface area contributed by atoms with Gasteiger partial charge in [0.1, 0.15) is 0 Å². The van der Waals surface area contributed by atoms with Gasteiger partial charge in [0.05, 0.1) is 5.56 Å². The van der Waals surface area contributed by atoms with Gasteiger partial charge < -0.3 is 5.11 Å². The van der Waals surface area contributed by atoms with Crippen molar-refractivity contribution >= 4 is 29.1 Å². The second-order valence-electron chi connectivity index (χ2n) is 1.66. The van der Waals surface area contributed by atoms with Crippen LogP contribution in [0.3, 0.4) is 0 Å². The fourth-order valence-corrected chi connectivity index (χ4v) is 2.27. The number of rotatable bonds is 2. The lowest BCUT2D eigenvalue weighted by molar-refractivity contribution is 0.0694. The molecule has 2 nitrogen and oxygen atoms in total. The fraction of sp³-hybridized carbons (Fsp3) is 0.167. The molecule has 1 rings (SSSR count). The largest absolute Gasteiger partial charge is 0.478 e. The Morgan fingerprint density at radius 1 is 1.70 bits per heavy atom. The van der Waals surface area contributed by atoms with Crippen LogP contribution in [-0.4, -0.2) is 17.3 Å². The molecule has 0 amide bonds. The molecule has 0 aliphatic rings. The summed E-state index contributed by atoms with van der Waals surface area (Å²) in [4.78, 5) is 11.3. The first-order valence-corrected chi connectivity index (χ1v) is 4.76. The molecule has 0 aliphatic heterocycles. The zero-order chi connectivity index (χ0) is 7.56. The first-order valence-electron chi connectivity index (χ1n) is 2.59. The smallest absolute Gasteiger partial charge is 0.337 e. The topological polar surface area (TPSA) is 37.3 Å². The average Bonchev–Trinajstić information content (AvgIpc) is 2.33. The molecule has 1 aromatic rings. The van der Waals surface area contributed by atoms with E-state index in [0.717, 1.165) is 4.90 Å². The van der Waals surface area contributed by atoms with Crippen LogP contribution in [0.5, 0.6) is 0 Å². The third-order valence-corrected chi connectivity index (χ3v) is 2.75. The number of thioether (sulfide) groups is 1. The standard InChI is InChI=1S/C6H6O2S2/c1-9-5-3-10-2-4(5)6(7)8/h2-3H,1H3,(H,7,8). The van der Waals surface area contributed by atoms with E-state index in [0.29, 0.717) is 5.56 Å². The van der Waals surface area contributed by atoms with Gasteiger partial charge in [0.2, 0.25) is 0 Å². The Balaban J connectivity index is 3.01. The van der Waals surface area contributed by atoms with Crippen molar-refractivity contribution in [3.8, 4) is 0 Å². The van der Waals surface area contributed by atoms with Gasteiger partial charge >= 0.3 is 5.97 Å². The zero-order valence-corrected chi connectivity index (χ0v) is 6.96. The Labute approximate surface area is 66.9 Å². The van der Waals surface area contributed by atoms with Gasteiger partial charge in [-0.1, -0.05) is 0 Å². The maximum Gasteiger partial charge on any atom is 0.337 e. The highest BCUT2D eigenvalue weighted by Gasteiger charge is 2.08. The predicted octanol–water partition coefficient (Wildman–Crippen LogP) is 2.17. The van der Waals surface area contributed by atoms with Crippen molar-refractivity contribution in [2.75, 3.05) is 6.26 Å². The van der Waals surface area contributed by atoms with Crippen molar-refractivity contribution in [2.24, 2.45) is 0 Å². The SMILES string of the molecule is CSc1cscc1C(=O)O. The lowest BCUT2D eigenvalue weighted by Crippen LogP contribution is -1.94. The van der Waals surface area contributed by atoms with E-state index < -0.39 is 5.97 Å². The van der Waals surface area contributed by atoms with Crippen LogP contribution in [0, 0.1) is 0 Å². The van der Waals surface area contributed by atoms with Gasteiger partial charge in [-0.05, 0) is 6.26 Å². The molecule has 0 spiro atoms. The third-order valence-electron chi connectivity index (χ3n) is 1.08. The normalized spacial score (nSPS) is 9.70. The Bertz CT molecular complexity index is 242. The molecule has 0 atom stereocenters. The lowest BCUT2D eigenvalue weighted by atomic mass is 10.3. The van der Waals surface area contributed by atoms with E-state index in [-0.39, 0.29) is 0 Å². The maximum atomic E-state index is 10.4. The van der Waals surface area contributed by atoms with Crippen molar-refractivity contribution in [3.63, 3.8) is 0 Å². The Morgan fingerprint density at radius 2 is 2.40 bits per heavy atom. The number of aromatic carboxylic acids is 1. The Kier molecular flexibility index (Phi) is 2.34. The van der Waals surface area contributed by atoms with E-state index in [1.807, 2.05) is 11.6 Å². The second kappa shape index (κ2) is 3.07. The Morgan fingerprint density at radius 3 is 2.80 bits per heavy atom. The number of carboxylic acids is 1. The van der Waals surface area contributed by atoms with Gasteiger partial charge in [-0.3, -0.25) is 0 Å². The first-order chi connectivity index (χ1) is 4.75. The summed E-state index contributed by atoms with van der Waals surface area (Å²) in [5.74, 6) is -0.842. The number of thiophene rings is 1. The minimum absolute atomic E-state index is 0.414. The van der Waals surface area contributed by atoms with Crippen LogP contribution < -0.4 is 0 Å². The number of hydrogen-bond donors (Lipinski definition) is 1. The van der Waals surface area contributed by atoms with Crippen molar-refractivity contribution in [3.05, 3.63) is 16.3 Å². The minimum Gasteiger partial charge on any atom is -0.478 e. The van der Waals surface area contributed by atoms with Gasteiger partial charge in [0, 0.05) is 15.7 Å². The third kappa shape index (κ3) is 1.33. The van der Waals surface area contributed by atoms with Gasteiger partial charge in [-0.15, -0.1) is 11.8 Å². The van der Waals surface area contributed by atoms with Crippen LogP contribution in [-0.2, 0) is 0 Å². The van der Waals surface area contributed by atoms with Crippen molar-refractivity contribution in [1.82, 2.24) is 0 Å². The van der Waals surface area contributed by atoms with Crippen LogP contribution in [0.4, 0.5) is 0 Å². The van der Waals surface area contributed by atoms with Gasteiger partial charge in [0.25, 0.3) is 0 Å². The molecular formula is C6H6O2S2. The number of carboxylic acid groups (broad SMARTS) is 1. The molecule has 0 aliphatic carbocycles. The molecule has 1 heterocycles. The zero-order valence-electron chi connectivity index (χ0n) is 5.33. The van der Waals surface area contributed by atoms with E-state index in [1.165, 1.54) is 23.1 Å². The predicted molar refractivity (Wildman–Crippen MR) is 43.1 cm³/mol. The molecule has 0 radical (unpaired) electrons. The molecule has 1 N–H and O–H groups in total. The maximum absolute atomic E-state index is 10.4. The molecule has 10 heavy (non-hydrogen) atoms. The summed E-state index contributed by atoms with van der Waals surface area (Å²) >= 11 is 2.88. The van der Waals surface area contributed by atoms with E-state index in [9.17, 15) is 4.79 Å². The molecule has 0 fully saturated rings. The summed E-state index contributed by atoms with van der Waals surface area (Å²) in [6.07, 6.45) is 1.87. The van der Waals surface area contributed by atoms with Crippen LogP contribution >= 0.6 is 23.1 Å². The van der Waals surface area contributed by atoms with Crippen LogP contribution in [0.15, 0.2) is 15.7 Å². The highest BCUT2D eigenvalue weighted by molar-refractivity contribution is 7.98. The first kappa shape index (κ1) is 7.63. The second-order valence-corrected chi connectivity index (χ2v) is 3.25. The molecule has 54 valence electrons. The van der Waals surface area contributed by atoms with E-state index in [2.05, 4.69) is 0 Å². The monoisotopic (exact) mass is 174 g/mol. The Hall–Kier alpha value is -0.480. The van der Waals surface area contributed by atoms with E-state index >= 15 is 0 Å². The summed E-state index contributed by atoms with van der Waals surface area (Å²) < 4.78 is 0. The number of hydrogen-bond acceptors (Lipinski definition) is 3. The molecule has 0 bridgehead atoms. The minimum atomic E-state index is -0.842. The van der Waals surface area contributed by atoms with Gasteiger partial charge in [-0.25, -0.2) is 4.79 Å². The molecule has 4 heteroatoms. The molecule has 0 unspecified atom stereocenters. The summed E-state index contributed by atoms with van der Waals surface area (Å²) in [6, 6.07) is 0. The van der Waals surface area contributed by atoms with Crippen molar-refractivity contribution in [2.45, 2.75) is 4.90 Å². The summed E-state index contributed by atoms with van der Waals surface area (Å²) in [7, 11) is 0.